The zero-order chi connectivity index (χ0) is 15.5. The molecule has 116 valence electrons. The number of anilines is 2. The summed E-state index contributed by atoms with van der Waals surface area (Å²) in [5, 5.41) is 4.80. The van der Waals surface area contributed by atoms with E-state index in [1.807, 2.05) is 25.3 Å². The Hall–Kier alpha value is -1.99. The van der Waals surface area contributed by atoms with Crippen molar-refractivity contribution >= 4 is 28.9 Å². The average Bonchev–Trinajstić information content (AvgIpc) is 3.06. The smallest absolute Gasteiger partial charge is 0.265 e. The Morgan fingerprint density at radius 1 is 1.27 bits per heavy atom. The van der Waals surface area contributed by atoms with Crippen molar-refractivity contribution in [3.8, 4) is 0 Å². The fourth-order valence-corrected chi connectivity index (χ4v) is 2.99. The molecular weight excluding hydrogens is 300 g/mol. The molecule has 22 heavy (non-hydrogen) atoms. The van der Waals surface area contributed by atoms with Gasteiger partial charge >= 0.3 is 0 Å². The van der Waals surface area contributed by atoms with Gasteiger partial charge in [-0.15, -0.1) is 11.3 Å². The lowest BCUT2D eigenvalue weighted by Gasteiger charge is -2.27. The number of aryl methyl sites for hydroxylation is 2. The number of hydrogen-bond acceptors (Lipinski definition) is 6. The van der Waals surface area contributed by atoms with Gasteiger partial charge in [0.15, 0.2) is 0 Å². The Balaban J connectivity index is 1.82. The summed E-state index contributed by atoms with van der Waals surface area (Å²) in [6.07, 6.45) is 0. The molecule has 0 saturated carbocycles. The summed E-state index contributed by atoms with van der Waals surface area (Å²) < 4.78 is 5.35. The van der Waals surface area contributed by atoms with E-state index in [9.17, 15) is 4.79 Å². The van der Waals surface area contributed by atoms with Gasteiger partial charge in [0.1, 0.15) is 0 Å². The molecular formula is C15H18N4O2S. The van der Waals surface area contributed by atoms with Crippen molar-refractivity contribution < 1.29 is 9.53 Å². The Bertz CT molecular complexity index is 643. The van der Waals surface area contributed by atoms with Crippen LogP contribution in [0.5, 0.6) is 0 Å². The van der Waals surface area contributed by atoms with Crippen molar-refractivity contribution in [1.29, 1.82) is 0 Å². The maximum atomic E-state index is 12.2. The van der Waals surface area contributed by atoms with Gasteiger partial charge in [-0.25, -0.2) is 9.97 Å². The highest BCUT2D eigenvalue weighted by molar-refractivity contribution is 7.12. The third-order valence-corrected chi connectivity index (χ3v) is 4.41. The molecule has 0 bridgehead atoms. The van der Waals surface area contributed by atoms with Gasteiger partial charge in [-0.05, 0) is 25.3 Å². The molecule has 0 unspecified atom stereocenters. The third-order valence-electron chi connectivity index (χ3n) is 3.54. The number of aromatic nitrogens is 2. The molecule has 1 amide bonds. The average molecular weight is 318 g/mol. The molecule has 1 fully saturated rings. The minimum absolute atomic E-state index is 0.121. The first kappa shape index (κ1) is 14.9. The van der Waals surface area contributed by atoms with Crippen LogP contribution in [0.15, 0.2) is 17.5 Å². The first-order valence-corrected chi connectivity index (χ1v) is 8.06. The maximum Gasteiger partial charge on any atom is 0.265 e. The molecule has 2 aromatic heterocycles. The van der Waals surface area contributed by atoms with E-state index in [1.165, 1.54) is 11.3 Å². The monoisotopic (exact) mass is 318 g/mol. The van der Waals surface area contributed by atoms with Gasteiger partial charge in [0.2, 0.25) is 5.95 Å². The second kappa shape index (κ2) is 6.41. The molecule has 0 atom stereocenters. The first-order valence-electron chi connectivity index (χ1n) is 7.18. The molecule has 1 saturated heterocycles. The molecule has 3 rings (SSSR count). The summed E-state index contributed by atoms with van der Waals surface area (Å²) in [6, 6.07) is 3.66. The van der Waals surface area contributed by atoms with Crippen LogP contribution in [0.1, 0.15) is 21.1 Å². The van der Waals surface area contributed by atoms with Crippen LogP contribution in [-0.4, -0.2) is 42.2 Å². The highest BCUT2D eigenvalue weighted by atomic mass is 32.1. The van der Waals surface area contributed by atoms with Crippen molar-refractivity contribution in [2.45, 2.75) is 13.8 Å². The van der Waals surface area contributed by atoms with Crippen LogP contribution in [-0.2, 0) is 4.74 Å². The van der Waals surface area contributed by atoms with Crippen molar-refractivity contribution in [2.75, 3.05) is 36.5 Å². The number of carbonyl (C=O) groups is 1. The summed E-state index contributed by atoms with van der Waals surface area (Å²) in [7, 11) is 0. The van der Waals surface area contributed by atoms with Gasteiger partial charge in [0.05, 0.1) is 35.2 Å². The second-order valence-corrected chi connectivity index (χ2v) is 6.05. The van der Waals surface area contributed by atoms with Gasteiger partial charge in [0.25, 0.3) is 5.91 Å². The lowest BCUT2D eigenvalue weighted by atomic mass is 10.2. The lowest BCUT2D eigenvalue weighted by molar-refractivity contribution is 0.103. The van der Waals surface area contributed by atoms with Crippen LogP contribution in [0.25, 0.3) is 0 Å². The number of nitrogens with one attached hydrogen (secondary N) is 1. The number of morpholine rings is 1. The molecule has 1 aliphatic rings. The maximum absolute atomic E-state index is 12.2. The lowest BCUT2D eigenvalue weighted by Crippen LogP contribution is -2.37. The van der Waals surface area contributed by atoms with E-state index in [1.54, 1.807) is 6.07 Å². The van der Waals surface area contributed by atoms with Crippen LogP contribution in [0.4, 0.5) is 11.6 Å². The minimum atomic E-state index is -0.121. The van der Waals surface area contributed by atoms with Crippen molar-refractivity contribution in [3.63, 3.8) is 0 Å². The molecule has 0 radical (unpaired) electrons. The first-order chi connectivity index (χ1) is 10.6. The van der Waals surface area contributed by atoms with Crippen LogP contribution >= 0.6 is 11.3 Å². The predicted molar refractivity (Wildman–Crippen MR) is 86.8 cm³/mol. The van der Waals surface area contributed by atoms with E-state index in [4.69, 9.17) is 4.74 Å². The number of amides is 1. The number of carbonyl (C=O) groups excluding carboxylic acids is 1. The van der Waals surface area contributed by atoms with Crippen molar-refractivity contribution in [1.82, 2.24) is 9.97 Å². The highest BCUT2D eigenvalue weighted by Gasteiger charge is 2.18. The van der Waals surface area contributed by atoms with Gasteiger partial charge in [-0.3, -0.25) is 4.79 Å². The minimum Gasteiger partial charge on any atom is -0.378 e. The zero-order valence-corrected chi connectivity index (χ0v) is 13.4. The Labute approximate surface area is 133 Å². The fraction of sp³-hybridized carbons (Fsp3) is 0.400. The molecule has 0 spiro atoms. The molecule has 6 nitrogen and oxygen atoms in total. The molecule has 3 heterocycles. The highest BCUT2D eigenvalue weighted by Crippen LogP contribution is 2.22. The molecule has 7 heteroatoms. The SMILES string of the molecule is Cc1nc(N2CCOCC2)nc(C)c1NC(=O)c1cccs1. The summed E-state index contributed by atoms with van der Waals surface area (Å²) >= 11 is 1.41. The predicted octanol–water partition coefficient (Wildman–Crippen LogP) is 2.24. The largest absolute Gasteiger partial charge is 0.378 e. The summed E-state index contributed by atoms with van der Waals surface area (Å²) in [5.41, 5.74) is 2.24. The number of hydrogen-bond donors (Lipinski definition) is 1. The summed E-state index contributed by atoms with van der Waals surface area (Å²) in [6.45, 7) is 6.75. The van der Waals surface area contributed by atoms with E-state index in [2.05, 4.69) is 20.2 Å². The third kappa shape index (κ3) is 3.10. The van der Waals surface area contributed by atoms with Gasteiger partial charge < -0.3 is 15.0 Å². The molecule has 2 aromatic rings. The fourth-order valence-electron chi connectivity index (χ4n) is 2.37. The van der Waals surface area contributed by atoms with Gasteiger partial charge in [-0.1, -0.05) is 6.07 Å². The van der Waals surface area contributed by atoms with Gasteiger partial charge in [0, 0.05) is 13.1 Å². The van der Waals surface area contributed by atoms with Crippen LogP contribution in [0, 0.1) is 13.8 Å². The van der Waals surface area contributed by atoms with E-state index >= 15 is 0 Å². The van der Waals surface area contributed by atoms with E-state index < -0.39 is 0 Å². The van der Waals surface area contributed by atoms with E-state index in [0.717, 1.165) is 24.5 Å². The quantitative estimate of drug-likeness (QED) is 0.940. The van der Waals surface area contributed by atoms with Crippen LogP contribution in [0.2, 0.25) is 0 Å². The summed E-state index contributed by atoms with van der Waals surface area (Å²) in [5.74, 6) is 0.580. The zero-order valence-electron chi connectivity index (χ0n) is 12.6. The molecule has 0 aliphatic carbocycles. The standard InChI is InChI=1S/C15H18N4O2S/c1-10-13(18-14(20)12-4-3-9-22-12)11(2)17-15(16-10)19-5-7-21-8-6-19/h3-4,9H,5-8H2,1-2H3,(H,18,20). The number of ether oxygens (including phenoxy) is 1. The van der Waals surface area contributed by atoms with Gasteiger partial charge in [-0.2, -0.15) is 0 Å². The number of nitrogens with zero attached hydrogens (tertiary/aromatic N) is 3. The van der Waals surface area contributed by atoms with Crippen LogP contribution in [0.3, 0.4) is 0 Å². The number of thiophene rings is 1. The Morgan fingerprint density at radius 3 is 2.55 bits per heavy atom. The topological polar surface area (TPSA) is 67.3 Å². The van der Waals surface area contributed by atoms with E-state index in [0.29, 0.717) is 29.7 Å². The van der Waals surface area contributed by atoms with Crippen LogP contribution < -0.4 is 10.2 Å². The molecule has 1 N–H and O–H groups in total. The molecule has 1 aliphatic heterocycles. The van der Waals surface area contributed by atoms with Crippen molar-refractivity contribution in [3.05, 3.63) is 33.8 Å². The summed E-state index contributed by atoms with van der Waals surface area (Å²) in [4.78, 5) is 24.0. The normalized spacial score (nSPS) is 14.9. The number of rotatable bonds is 3. The Kier molecular flexibility index (Phi) is 4.35. The van der Waals surface area contributed by atoms with Crippen molar-refractivity contribution in [2.24, 2.45) is 0 Å². The molecule has 0 aromatic carbocycles. The van der Waals surface area contributed by atoms with E-state index in [-0.39, 0.29) is 5.91 Å². The Morgan fingerprint density at radius 2 is 1.95 bits per heavy atom. The second-order valence-electron chi connectivity index (χ2n) is 5.10.